The molecular weight excluding hydrogens is 290 g/mol. The number of nitro benzene ring substituents is 1. The molecule has 0 saturated carbocycles. The van der Waals surface area contributed by atoms with Gasteiger partial charge in [0.25, 0.3) is 5.69 Å². The van der Waals surface area contributed by atoms with E-state index in [4.69, 9.17) is 4.74 Å². The Kier molecular flexibility index (Phi) is 5.65. The van der Waals surface area contributed by atoms with Crippen LogP contribution in [0, 0.1) is 10.1 Å². The molecule has 0 atom stereocenters. The van der Waals surface area contributed by atoms with Crippen LogP contribution in [0.1, 0.15) is 23.8 Å². The molecule has 21 heavy (non-hydrogen) atoms. The van der Waals surface area contributed by atoms with E-state index in [1.54, 1.807) is 23.8 Å². The number of nitro groups is 1. The number of thiazole rings is 1. The number of benzene rings is 1. The van der Waals surface area contributed by atoms with Crippen molar-refractivity contribution in [2.75, 3.05) is 6.54 Å². The van der Waals surface area contributed by atoms with Gasteiger partial charge in [0.1, 0.15) is 12.4 Å². The molecule has 112 valence electrons. The Morgan fingerprint density at radius 1 is 1.48 bits per heavy atom. The van der Waals surface area contributed by atoms with Gasteiger partial charge in [-0.15, -0.1) is 11.3 Å². The van der Waals surface area contributed by atoms with Gasteiger partial charge in [0, 0.05) is 30.4 Å². The first-order valence-corrected chi connectivity index (χ1v) is 7.57. The Morgan fingerprint density at radius 3 is 3.00 bits per heavy atom. The molecule has 0 bridgehead atoms. The molecule has 2 aromatic rings. The summed E-state index contributed by atoms with van der Waals surface area (Å²) in [6.07, 6.45) is 2.76. The Morgan fingerprint density at radius 2 is 2.33 bits per heavy atom. The average molecular weight is 307 g/mol. The molecule has 0 aliphatic heterocycles. The van der Waals surface area contributed by atoms with Crippen molar-refractivity contribution in [3.05, 3.63) is 50.5 Å². The number of hydrogen-bond donors (Lipinski definition) is 1. The maximum atomic E-state index is 10.9. The van der Waals surface area contributed by atoms with Gasteiger partial charge in [-0.25, -0.2) is 0 Å². The molecule has 6 nitrogen and oxygen atoms in total. The highest BCUT2D eigenvalue weighted by atomic mass is 32.1. The zero-order chi connectivity index (χ0) is 15.1. The van der Waals surface area contributed by atoms with Gasteiger partial charge in [-0.05, 0) is 19.0 Å². The number of non-ortho nitro benzene ring substituents is 1. The Hall–Kier alpha value is -1.99. The number of nitrogens with one attached hydrogen (secondary N) is 1. The van der Waals surface area contributed by atoms with E-state index in [9.17, 15) is 10.1 Å². The van der Waals surface area contributed by atoms with Crippen molar-refractivity contribution in [1.82, 2.24) is 10.3 Å². The van der Waals surface area contributed by atoms with Crippen molar-refractivity contribution in [3.63, 3.8) is 0 Å². The van der Waals surface area contributed by atoms with E-state index in [1.807, 2.05) is 0 Å². The standard InChI is InChI=1S/C14H17N3O3S/c1-2-5-15-7-11-6-12(17(18)19)3-4-14(11)20-9-13-8-16-10-21-13/h3-4,6,8,10,15H,2,5,7,9H2,1H3. The van der Waals surface area contributed by atoms with Crippen molar-refractivity contribution in [1.29, 1.82) is 0 Å². The molecule has 1 aromatic heterocycles. The third-order valence-electron chi connectivity index (χ3n) is 2.85. The summed E-state index contributed by atoms with van der Waals surface area (Å²) >= 11 is 1.52. The lowest BCUT2D eigenvalue weighted by atomic mass is 10.1. The molecule has 0 aliphatic carbocycles. The number of nitrogens with zero attached hydrogens (tertiary/aromatic N) is 2. The zero-order valence-electron chi connectivity index (χ0n) is 11.7. The van der Waals surface area contributed by atoms with Gasteiger partial charge in [0.05, 0.1) is 15.3 Å². The lowest BCUT2D eigenvalue weighted by Crippen LogP contribution is -2.14. The number of hydrogen-bond acceptors (Lipinski definition) is 6. The minimum Gasteiger partial charge on any atom is -0.488 e. The van der Waals surface area contributed by atoms with Gasteiger partial charge in [-0.2, -0.15) is 0 Å². The highest BCUT2D eigenvalue weighted by molar-refractivity contribution is 7.09. The van der Waals surface area contributed by atoms with Crippen molar-refractivity contribution < 1.29 is 9.66 Å². The normalized spacial score (nSPS) is 10.5. The summed E-state index contributed by atoms with van der Waals surface area (Å²) in [5, 5.41) is 14.1. The molecule has 0 radical (unpaired) electrons. The number of ether oxygens (including phenoxy) is 1. The van der Waals surface area contributed by atoms with Crippen LogP contribution in [-0.2, 0) is 13.2 Å². The van der Waals surface area contributed by atoms with Crippen LogP contribution in [0.5, 0.6) is 5.75 Å². The lowest BCUT2D eigenvalue weighted by Gasteiger charge is -2.11. The first-order valence-electron chi connectivity index (χ1n) is 6.69. The fraction of sp³-hybridized carbons (Fsp3) is 0.357. The van der Waals surface area contributed by atoms with Gasteiger partial charge in [-0.1, -0.05) is 6.92 Å². The van der Waals surface area contributed by atoms with Gasteiger partial charge in [0.2, 0.25) is 0 Å². The van der Waals surface area contributed by atoms with E-state index >= 15 is 0 Å². The molecule has 0 fully saturated rings. The third kappa shape index (κ3) is 4.51. The second-order valence-corrected chi connectivity index (χ2v) is 5.45. The molecule has 0 unspecified atom stereocenters. The van der Waals surface area contributed by atoms with Gasteiger partial charge in [0.15, 0.2) is 0 Å². The van der Waals surface area contributed by atoms with Crippen LogP contribution in [-0.4, -0.2) is 16.5 Å². The van der Waals surface area contributed by atoms with E-state index in [0.717, 1.165) is 23.4 Å². The highest BCUT2D eigenvalue weighted by Crippen LogP contribution is 2.25. The molecule has 0 aliphatic rings. The number of rotatable bonds is 8. The molecule has 0 spiro atoms. The topological polar surface area (TPSA) is 77.3 Å². The summed E-state index contributed by atoms with van der Waals surface area (Å²) in [5.41, 5.74) is 2.62. The molecule has 1 N–H and O–H groups in total. The summed E-state index contributed by atoms with van der Waals surface area (Å²) < 4.78 is 5.75. The van der Waals surface area contributed by atoms with Gasteiger partial charge in [-0.3, -0.25) is 15.1 Å². The molecule has 0 amide bonds. The van der Waals surface area contributed by atoms with Crippen molar-refractivity contribution in [2.45, 2.75) is 26.5 Å². The summed E-state index contributed by atoms with van der Waals surface area (Å²) in [5.74, 6) is 0.664. The van der Waals surface area contributed by atoms with E-state index in [0.29, 0.717) is 18.9 Å². The van der Waals surface area contributed by atoms with Crippen LogP contribution in [0.15, 0.2) is 29.9 Å². The SMILES string of the molecule is CCCNCc1cc([N+](=O)[O-])ccc1OCc1cncs1. The molecule has 7 heteroatoms. The summed E-state index contributed by atoms with van der Waals surface area (Å²) in [4.78, 5) is 15.5. The summed E-state index contributed by atoms with van der Waals surface area (Å²) in [6.45, 7) is 3.90. The first kappa shape index (κ1) is 15.4. The van der Waals surface area contributed by atoms with E-state index < -0.39 is 4.92 Å². The average Bonchev–Trinajstić information content (AvgIpc) is 2.99. The molecule has 1 aromatic carbocycles. The largest absolute Gasteiger partial charge is 0.488 e. The van der Waals surface area contributed by atoms with Crippen LogP contribution in [0.4, 0.5) is 5.69 Å². The Balaban J connectivity index is 2.11. The zero-order valence-corrected chi connectivity index (χ0v) is 12.6. The minimum atomic E-state index is -0.393. The first-order chi connectivity index (χ1) is 10.2. The van der Waals surface area contributed by atoms with Crippen LogP contribution >= 0.6 is 11.3 Å². The summed E-state index contributed by atoms with van der Waals surface area (Å²) in [7, 11) is 0. The van der Waals surface area contributed by atoms with Gasteiger partial charge < -0.3 is 10.1 Å². The fourth-order valence-electron chi connectivity index (χ4n) is 1.82. The molecular formula is C14H17N3O3S. The van der Waals surface area contributed by atoms with Crippen molar-refractivity contribution in [3.8, 4) is 5.75 Å². The second kappa shape index (κ2) is 7.70. The van der Waals surface area contributed by atoms with E-state index in [2.05, 4.69) is 17.2 Å². The predicted octanol–water partition coefficient (Wildman–Crippen LogP) is 3.13. The van der Waals surface area contributed by atoms with E-state index in [1.165, 1.54) is 17.4 Å². The summed E-state index contributed by atoms with van der Waals surface area (Å²) in [6, 6.07) is 4.68. The molecule has 1 heterocycles. The van der Waals surface area contributed by atoms with Crippen molar-refractivity contribution >= 4 is 17.0 Å². The smallest absolute Gasteiger partial charge is 0.270 e. The molecule has 0 saturated heterocycles. The maximum Gasteiger partial charge on any atom is 0.270 e. The second-order valence-electron chi connectivity index (χ2n) is 4.48. The monoisotopic (exact) mass is 307 g/mol. The predicted molar refractivity (Wildman–Crippen MR) is 81.5 cm³/mol. The maximum absolute atomic E-state index is 10.9. The van der Waals surface area contributed by atoms with Crippen LogP contribution in [0.2, 0.25) is 0 Å². The van der Waals surface area contributed by atoms with E-state index in [-0.39, 0.29) is 5.69 Å². The van der Waals surface area contributed by atoms with Crippen LogP contribution < -0.4 is 10.1 Å². The highest BCUT2D eigenvalue weighted by Gasteiger charge is 2.12. The van der Waals surface area contributed by atoms with Gasteiger partial charge >= 0.3 is 0 Å². The molecule has 2 rings (SSSR count). The fourth-order valence-corrected chi connectivity index (χ4v) is 2.33. The number of aromatic nitrogens is 1. The third-order valence-corrected chi connectivity index (χ3v) is 3.60. The Bertz CT molecular complexity index is 587. The van der Waals surface area contributed by atoms with Crippen LogP contribution in [0.25, 0.3) is 0 Å². The quantitative estimate of drug-likeness (QED) is 0.460. The van der Waals surface area contributed by atoms with Crippen molar-refractivity contribution in [2.24, 2.45) is 0 Å². The lowest BCUT2D eigenvalue weighted by molar-refractivity contribution is -0.384. The minimum absolute atomic E-state index is 0.0773. The van der Waals surface area contributed by atoms with Crippen LogP contribution in [0.3, 0.4) is 0 Å². The Labute approximate surface area is 126 Å².